The number of carbonyl (C=O) groups excluding carboxylic acids is 2. The quantitative estimate of drug-likeness (QED) is 0.431. The van der Waals surface area contributed by atoms with Crippen LogP contribution in [0.25, 0.3) is 0 Å². The van der Waals surface area contributed by atoms with Gasteiger partial charge < -0.3 is 19.2 Å². The van der Waals surface area contributed by atoms with Gasteiger partial charge in [-0.1, -0.05) is 12.1 Å². The molecule has 0 atom stereocenters. The summed E-state index contributed by atoms with van der Waals surface area (Å²) in [7, 11) is 0. The fourth-order valence-corrected chi connectivity index (χ4v) is 3.03. The minimum absolute atomic E-state index is 0.153. The van der Waals surface area contributed by atoms with Crippen LogP contribution in [0.4, 0.5) is 5.69 Å². The van der Waals surface area contributed by atoms with Crippen LogP contribution in [0.2, 0.25) is 0 Å². The van der Waals surface area contributed by atoms with E-state index in [-0.39, 0.29) is 18.5 Å². The lowest BCUT2D eigenvalue weighted by atomic mass is 10.1. The Hall–Kier alpha value is -3.59. The molecule has 1 aliphatic rings. The maximum Gasteiger partial charge on any atom is 0.307 e. The monoisotopic (exact) mass is 469 g/mol. The van der Waals surface area contributed by atoms with Gasteiger partial charge in [0, 0.05) is 11.3 Å². The van der Waals surface area contributed by atoms with E-state index in [1.54, 1.807) is 61.5 Å². The van der Waals surface area contributed by atoms with E-state index in [0.29, 0.717) is 33.1 Å². The average Bonchev–Trinajstić information content (AvgIpc) is 3.40. The molecule has 2 amide bonds. The molecule has 0 aliphatic carbocycles. The molecule has 9 heteroatoms. The summed E-state index contributed by atoms with van der Waals surface area (Å²) in [5, 5.41) is 6.91. The summed E-state index contributed by atoms with van der Waals surface area (Å²) in [6, 6.07) is 15.3. The molecule has 0 radical (unpaired) electrons. The summed E-state index contributed by atoms with van der Waals surface area (Å²) in [5.74, 6) is 0.613. The standard InChI is InChI=1S/C21H16BrN3O5/c1-12(24-25-21(27)17-8-9-19(22)30-17)13-2-5-15(6-3-13)23-20(26)14-4-7-16-18(10-14)29-11-28-16/h2-10H,11H2,1H3,(H,23,26)(H,25,27)/b24-12-. The number of carbonyl (C=O) groups is 2. The van der Waals surface area contributed by atoms with Gasteiger partial charge in [-0.25, -0.2) is 5.43 Å². The number of halogens is 1. The van der Waals surface area contributed by atoms with E-state index in [2.05, 4.69) is 31.8 Å². The molecule has 4 rings (SSSR count). The van der Waals surface area contributed by atoms with Crippen LogP contribution >= 0.6 is 15.9 Å². The number of nitrogens with zero attached hydrogens (tertiary/aromatic N) is 1. The van der Waals surface area contributed by atoms with E-state index in [1.807, 2.05) is 0 Å². The van der Waals surface area contributed by atoms with Gasteiger partial charge in [-0.3, -0.25) is 9.59 Å². The second-order valence-electron chi connectivity index (χ2n) is 6.34. The van der Waals surface area contributed by atoms with Crippen LogP contribution in [0.3, 0.4) is 0 Å². The Balaban J connectivity index is 1.38. The first-order chi connectivity index (χ1) is 14.5. The molecule has 2 heterocycles. The molecule has 0 unspecified atom stereocenters. The highest BCUT2D eigenvalue weighted by atomic mass is 79.9. The van der Waals surface area contributed by atoms with Gasteiger partial charge in [0.05, 0.1) is 5.71 Å². The normalized spacial score (nSPS) is 12.5. The summed E-state index contributed by atoms with van der Waals surface area (Å²) in [5.41, 5.74) is 4.92. The average molecular weight is 470 g/mol. The fourth-order valence-electron chi connectivity index (χ4n) is 2.73. The minimum atomic E-state index is -0.451. The third kappa shape index (κ3) is 4.36. The third-order valence-corrected chi connectivity index (χ3v) is 4.74. The number of rotatable bonds is 5. The predicted molar refractivity (Wildman–Crippen MR) is 113 cm³/mol. The van der Waals surface area contributed by atoms with Crippen LogP contribution in [0, 0.1) is 0 Å². The molecular formula is C21H16BrN3O5. The first kappa shape index (κ1) is 19.7. The Morgan fingerprint density at radius 2 is 1.67 bits per heavy atom. The first-order valence-electron chi connectivity index (χ1n) is 8.91. The molecule has 2 N–H and O–H groups in total. The second-order valence-corrected chi connectivity index (χ2v) is 7.12. The molecule has 0 spiro atoms. The summed E-state index contributed by atoms with van der Waals surface area (Å²) in [4.78, 5) is 24.4. The molecule has 1 aromatic heterocycles. The highest BCUT2D eigenvalue weighted by Gasteiger charge is 2.16. The van der Waals surface area contributed by atoms with Gasteiger partial charge >= 0.3 is 5.91 Å². The molecule has 0 fully saturated rings. The lowest BCUT2D eigenvalue weighted by molar-refractivity contribution is 0.0925. The lowest BCUT2D eigenvalue weighted by Gasteiger charge is -2.07. The first-order valence-corrected chi connectivity index (χ1v) is 9.70. The van der Waals surface area contributed by atoms with Crippen LogP contribution in [0.5, 0.6) is 11.5 Å². The zero-order valence-electron chi connectivity index (χ0n) is 15.8. The number of amides is 2. The van der Waals surface area contributed by atoms with Crippen molar-refractivity contribution in [3.8, 4) is 11.5 Å². The third-order valence-electron chi connectivity index (χ3n) is 4.32. The van der Waals surface area contributed by atoms with Gasteiger partial charge in [0.15, 0.2) is 21.9 Å². The van der Waals surface area contributed by atoms with Crippen molar-refractivity contribution >= 4 is 39.1 Å². The number of nitrogens with one attached hydrogen (secondary N) is 2. The molecule has 152 valence electrons. The Morgan fingerprint density at radius 3 is 2.40 bits per heavy atom. The van der Waals surface area contributed by atoms with Gasteiger partial charge in [-0.2, -0.15) is 5.10 Å². The van der Waals surface area contributed by atoms with Crippen LogP contribution in [0.1, 0.15) is 33.4 Å². The van der Waals surface area contributed by atoms with E-state index in [4.69, 9.17) is 13.9 Å². The SMILES string of the molecule is C/C(=N/NC(=O)c1ccc(Br)o1)c1ccc(NC(=O)c2ccc3c(c2)OCO3)cc1. The van der Waals surface area contributed by atoms with Crippen molar-refractivity contribution in [2.24, 2.45) is 5.10 Å². The smallest absolute Gasteiger partial charge is 0.307 e. The molecule has 0 bridgehead atoms. The van der Waals surface area contributed by atoms with Crippen molar-refractivity contribution in [1.29, 1.82) is 0 Å². The maximum absolute atomic E-state index is 12.5. The highest BCUT2D eigenvalue weighted by molar-refractivity contribution is 9.10. The van der Waals surface area contributed by atoms with Gasteiger partial charge in [0.1, 0.15) is 0 Å². The Labute approximate surface area is 180 Å². The number of hydrazone groups is 1. The molecule has 8 nitrogen and oxygen atoms in total. The van der Waals surface area contributed by atoms with Crippen molar-refractivity contribution in [3.63, 3.8) is 0 Å². The van der Waals surface area contributed by atoms with Gasteiger partial charge in [0.25, 0.3) is 5.91 Å². The van der Waals surface area contributed by atoms with E-state index in [1.165, 1.54) is 0 Å². The fraction of sp³-hybridized carbons (Fsp3) is 0.0952. The number of hydrogen-bond acceptors (Lipinski definition) is 6. The topological polar surface area (TPSA) is 102 Å². The Bertz CT molecular complexity index is 1140. The molecule has 3 aromatic rings. The van der Waals surface area contributed by atoms with E-state index >= 15 is 0 Å². The number of anilines is 1. The van der Waals surface area contributed by atoms with Crippen LogP contribution in [-0.2, 0) is 0 Å². The van der Waals surface area contributed by atoms with E-state index in [9.17, 15) is 9.59 Å². The second kappa shape index (κ2) is 8.42. The molecular weight excluding hydrogens is 454 g/mol. The number of fused-ring (bicyclic) bond motifs is 1. The van der Waals surface area contributed by atoms with Crippen LogP contribution < -0.4 is 20.2 Å². The van der Waals surface area contributed by atoms with Gasteiger partial charge in [-0.15, -0.1) is 0 Å². The zero-order chi connectivity index (χ0) is 21.1. The summed E-state index contributed by atoms with van der Waals surface area (Å²) in [6.07, 6.45) is 0. The molecule has 2 aromatic carbocycles. The summed E-state index contributed by atoms with van der Waals surface area (Å²) in [6.45, 7) is 1.92. The number of ether oxygens (including phenoxy) is 2. The van der Waals surface area contributed by atoms with Crippen LogP contribution in [0.15, 0.2) is 68.8 Å². The van der Waals surface area contributed by atoms with Crippen LogP contribution in [-0.4, -0.2) is 24.3 Å². The van der Waals surface area contributed by atoms with Crippen molar-refractivity contribution < 1.29 is 23.5 Å². The van der Waals surface area contributed by atoms with Crippen molar-refractivity contribution in [3.05, 3.63) is 76.2 Å². The summed E-state index contributed by atoms with van der Waals surface area (Å²) < 4.78 is 16.2. The lowest BCUT2D eigenvalue weighted by Crippen LogP contribution is -2.18. The largest absolute Gasteiger partial charge is 0.454 e. The van der Waals surface area contributed by atoms with E-state index in [0.717, 1.165) is 5.56 Å². The molecule has 0 saturated heterocycles. The number of hydrogen-bond donors (Lipinski definition) is 2. The Kier molecular flexibility index (Phi) is 5.53. The molecule has 1 aliphatic heterocycles. The van der Waals surface area contributed by atoms with Crippen molar-refractivity contribution in [2.45, 2.75) is 6.92 Å². The van der Waals surface area contributed by atoms with Crippen molar-refractivity contribution in [2.75, 3.05) is 12.1 Å². The van der Waals surface area contributed by atoms with Crippen molar-refractivity contribution in [1.82, 2.24) is 5.43 Å². The zero-order valence-corrected chi connectivity index (χ0v) is 17.4. The van der Waals surface area contributed by atoms with Gasteiger partial charge in [-0.05, 0) is 70.9 Å². The number of furan rings is 1. The minimum Gasteiger partial charge on any atom is -0.454 e. The summed E-state index contributed by atoms with van der Waals surface area (Å²) >= 11 is 3.14. The molecule has 30 heavy (non-hydrogen) atoms. The maximum atomic E-state index is 12.5. The Morgan fingerprint density at radius 1 is 0.933 bits per heavy atom. The van der Waals surface area contributed by atoms with Gasteiger partial charge in [0.2, 0.25) is 6.79 Å². The number of benzene rings is 2. The molecule has 0 saturated carbocycles. The van der Waals surface area contributed by atoms with E-state index < -0.39 is 5.91 Å². The highest BCUT2D eigenvalue weighted by Crippen LogP contribution is 2.32. The predicted octanol–water partition coefficient (Wildman–Crippen LogP) is 4.18.